The molecule has 1 atom stereocenters. The molecule has 0 saturated carbocycles. The first kappa shape index (κ1) is 14.9. The first-order valence-electron chi connectivity index (χ1n) is 5.90. The van der Waals surface area contributed by atoms with Gasteiger partial charge in [0.1, 0.15) is 11.2 Å². The number of esters is 1. The number of rotatable bonds is 1. The molecule has 2 nitrogen and oxygen atoms in total. The number of carbonyl (C=O) groups excluding carboxylic acids is 1. The average Bonchev–Trinajstić information content (AvgIpc) is 2.27. The standard InChI is InChI=1S/C14H12ClF3O2/c1-8(15)11-9-5-3-4-6-10(9)20-12(19)13(11,2)7-14(16,17)18/h3-6H,7H2,1-2H3/b11-8+. The third-order valence-corrected chi connectivity index (χ3v) is 3.45. The molecule has 0 bridgehead atoms. The smallest absolute Gasteiger partial charge is 0.390 e. The monoisotopic (exact) mass is 304 g/mol. The summed E-state index contributed by atoms with van der Waals surface area (Å²) in [6, 6.07) is 6.42. The Kier molecular flexibility index (Phi) is 3.58. The summed E-state index contributed by atoms with van der Waals surface area (Å²) in [5.41, 5.74) is -1.24. The van der Waals surface area contributed by atoms with E-state index in [1.165, 1.54) is 19.9 Å². The fraction of sp³-hybridized carbons (Fsp3) is 0.357. The van der Waals surface area contributed by atoms with Crippen LogP contribution in [0.15, 0.2) is 29.3 Å². The molecule has 0 aliphatic carbocycles. The van der Waals surface area contributed by atoms with Crippen LogP contribution in [0.2, 0.25) is 0 Å². The second-order valence-corrected chi connectivity index (χ2v) is 5.49. The van der Waals surface area contributed by atoms with Gasteiger partial charge in [0.15, 0.2) is 0 Å². The van der Waals surface area contributed by atoms with Gasteiger partial charge >= 0.3 is 12.1 Å². The van der Waals surface area contributed by atoms with E-state index in [2.05, 4.69) is 0 Å². The maximum Gasteiger partial charge on any atom is 0.390 e. The molecule has 1 unspecified atom stereocenters. The lowest BCUT2D eigenvalue weighted by molar-refractivity contribution is -0.168. The van der Waals surface area contributed by atoms with Crippen molar-refractivity contribution in [2.75, 3.05) is 0 Å². The highest BCUT2D eigenvalue weighted by Crippen LogP contribution is 2.51. The van der Waals surface area contributed by atoms with Crippen LogP contribution in [0.3, 0.4) is 0 Å². The molecule has 0 radical (unpaired) electrons. The predicted molar refractivity (Wildman–Crippen MR) is 69.3 cm³/mol. The van der Waals surface area contributed by atoms with Crippen LogP contribution in [0.25, 0.3) is 5.57 Å². The molecular weight excluding hydrogens is 293 g/mol. The van der Waals surface area contributed by atoms with E-state index in [4.69, 9.17) is 16.3 Å². The Morgan fingerprint density at radius 3 is 2.50 bits per heavy atom. The highest BCUT2D eigenvalue weighted by molar-refractivity contribution is 6.33. The van der Waals surface area contributed by atoms with E-state index in [0.29, 0.717) is 5.56 Å². The highest BCUT2D eigenvalue weighted by Gasteiger charge is 2.51. The number of fused-ring (bicyclic) bond motifs is 1. The van der Waals surface area contributed by atoms with E-state index in [0.717, 1.165) is 0 Å². The molecule has 2 rings (SSSR count). The summed E-state index contributed by atoms with van der Waals surface area (Å²) in [7, 11) is 0. The number of ether oxygens (including phenoxy) is 1. The van der Waals surface area contributed by atoms with Crippen molar-refractivity contribution in [3.8, 4) is 5.75 Å². The van der Waals surface area contributed by atoms with Crippen molar-refractivity contribution in [3.05, 3.63) is 34.9 Å². The average molecular weight is 305 g/mol. The molecule has 1 aromatic rings. The van der Waals surface area contributed by atoms with Crippen LogP contribution in [0.5, 0.6) is 5.75 Å². The third-order valence-electron chi connectivity index (χ3n) is 3.26. The molecule has 0 fully saturated rings. The van der Waals surface area contributed by atoms with Gasteiger partial charge in [0, 0.05) is 10.6 Å². The van der Waals surface area contributed by atoms with E-state index in [-0.39, 0.29) is 16.4 Å². The normalized spacial score (nSPS) is 25.0. The predicted octanol–water partition coefficient (Wildman–Crippen LogP) is 4.53. The van der Waals surface area contributed by atoms with Crippen LogP contribution < -0.4 is 4.74 Å². The van der Waals surface area contributed by atoms with Gasteiger partial charge in [0.25, 0.3) is 0 Å². The van der Waals surface area contributed by atoms with Gasteiger partial charge in [0.2, 0.25) is 0 Å². The van der Waals surface area contributed by atoms with Crippen molar-refractivity contribution in [1.29, 1.82) is 0 Å². The Hall–Kier alpha value is -1.49. The largest absolute Gasteiger partial charge is 0.425 e. The third kappa shape index (κ3) is 2.54. The van der Waals surface area contributed by atoms with Gasteiger partial charge in [-0.3, -0.25) is 4.79 Å². The number of para-hydroxylation sites is 1. The summed E-state index contributed by atoms with van der Waals surface area (Å²) in [5.74, 6) is -0.712. The van der Waals surface area contributed by atoms with Crippen LogP contribution in [-0.4, -0.2) is 12.1 Å². The van der Waals surface area contributed by atoms with Gasteiger partial charge in [-0.25, -0.2) is 0 Å². The molecule has 1 aromatic carbocycles. The minimum absolute atomic E-state index is 0.154. The molecular formula is C14H12ClF3O2. The number of hydrogen-bond donors (Lipinski definition) is 0. The molecule has 0 amide bonds. The Labute approximate surface area is 119 Å². The van der Waals surface area contributed by atoms with E-state index in [1.807, 2.05) is 0 Å². The molecule has 1 heterocycles. The number of carbonyl (C=O) groups is 1. The lowest BCUT2D eigenvalue weighted by Gasteiger charge is -2.36. The van der Waals surface area contributed by atoms with Crippen molar-refractivity contribution in [2.45, 2.75) is 26.4 Å². The number of allylic oxidation sites excluding steroid dienone is 1. The van der Waals surface area contributed by atoms with Crippen molar-refractivity contribution >= 4 is 23.1 Å². The molecule has 20 heavy (non-hydrogen) atoms. The Bertz CT molecular complexity index is 588. The van der Waals surface area contributed by atoms with Crippen molar-refractivity contribution < 1.29 is 22.7 Å². The van der Waals surface area contributed by atoms with E-state index < -0.39 is 24.0 Å². The van der Waals surface area contributed by atoms with Crippen LogP contribution in [0.1, 0.15) is 25.8 Å². The molecule has 6 heteroatoms. The summed E-state index contributed by atoms with van der Waals surface area (Å²) in [5, 5.41) is 0.154. The van der Waals surface area contributed by atoms with E-state index in [9.17, 15) is 18.0 Å². The first-order chi connectivity index (χ1) is 9.15. The number of halogens is 4. The topological polar surface area (TPSA) is 26.3 Å². The Balaban J connectivity index is 2.65. The van der Waals surface area contributed by atoms with Crippen LogP contribution in [0, 0.1) is 5.41 Å². The lowest BCUT2D eigenvalue weighted by atomic mass is 9.73. The van der Waals surface area contributed by atoms with Crippen molar-refractivity contribution in [2.24, 2.45) is 5.41 Å². The molecule has 108 valence electrons. The zero-order valence-electron chi connectivity index (χ0n) is 10.8. The van der Waals surface area contributed by atoms with Gasteiger partial charge in [-0.2, -0.15) is 13.2 Å². The number of alkyl halides is 3. The number of benzene rings is 1. The van der Waals surface area contributed by atoms with Gasteiger partial charge in [0.05, 0.1) is 6.42 Å². The highest BCUT2D eigenvalue weighted by atomic mass is 35.5. The van der Waals surface area contributed by atoms with Crippen LogP contribution >= 0.6 is 11.6 Å². The van der Waals surface area contributed by atoms with Crippen molar-refractivity contribution in [1.82, 2.24) is 0 Å². The first-order valence-corrected chi connectivity index (χ1v) is 6.28. The summed E-state index contributed by atoms with van der Waals surface area (Å²) >= 11 is 5.97. The molecule has 0 saturated heterocycles. The van der Waals surface area contributed by atoms with Gasteiger partial charge in [-0.1, -0.05) is 29.8 Å². The Morgan fingerprint density at radius 2 is 1.95 bits per heavy atom. The minimum atomic E-state index is -4.50. The van der Waals surface area contributed by atoms with Gasteiger partial charge in [-0.15, -0.1) is 0 Å². The molecule has 1 aliphatic rings. The lowest BCUT2D eigenvalue weighted by Crippen LogP contribution is -2.40. The summed E-state index contributed by atoms with van der Waals surface area (Å²) in [6.07, 6.45) is -5.82. The van der Waals surface area contributed by atoms with E-state index >= 15 is 0 Å². The quantitative estimate of drug-likeness (QED) is 0.562. The molecule has 1 aliphatic heterocycles. The SMILES string of the molecule is C/C(Cl)=C1/c2ccccc2OC(=O)C1(C)CC(F)(F)F. The van der Waals surface area contributed by atoms with Gasteiger partial charge < -0.3 is 4.74 Å². The second kappa shape index (κ2) is 4.81. The summed E-state index contributed by atoms with van der Waals surface area (Å²) in [4.78, 5) is 12.1. The fourth-order valence-electron chi connectivity index (χ4n) is 2.50. The molecule has 0 N–H and O–H groups in total. The zero-order chi connectivity index (χ0) is 15.1. The van der Waals surface area contributed by atoms with Crippen LogP contribution in [-0.2, 0) is 4.79 Å². The Morgan fingerprint density at radius 1 is 1.35 bits per heavy atom. The number of hydrogen-bond acceptors (Lipinski definition) is 2. The summed E-state index contributed by atoms with van der Waals surface area (Å²) in [6.45, 7) is 2.68. The minimum Gasteiger partial charge on any atom is -0.425 e. The van der Waals surface area contributed by atoms with Crippen molar-refractivity contribution in [3.63, 3.8) is 0 Å². The zero-order valence-corrected chi connectivity index (χ0v) is 11.6. The maximum absolute atomic E-state index is 12.8. The van der Waals surface area contributed by atoms with Crippen LogP contribution in [0.4, 0.5) is 13.2 Å². The molecule has 0 aromatic heterocycles. The van der Waals surface area contributed by atoms with Gasteiger partial charge in [-0.05, 0) is 25.5 Å². The molecule has 0 spiro atoms. The fourth-order valence-corrected chi connectivity index (χ4v) is 2.81. The second-order valence-electron chi connectivity index (χ2n) is 4.92. The summed E-state index contributed by atoms with van der Waals surface area (Å²) < 4.78 is 43.4. The maximum atomic E-state index is 12.8. The van der Waals surface area contributed by atoms with E-state index in [1.54, 1.807) is 18.2 Å².